The van der Waals surface area contributed by atoms with Crippen LogP contribution >= 0.6 is 11.6 Å². The number of halogens is 1. The lowest BCUT2D eigenvalue weighted by Gasteiger charge is -2.30. The van der Waals surface area contributed by atoms with Gasteiger partial charge in [0.15, 0.2) is 0 Å². The van der Waals surface area contributed by atoms with E-state index in [4.69, 9.17) is 17.3 Å². The molecule has 0 spiro atoms. The van der Waals surface area contributed by atoms with Crippen molar-refractivity contribution in [2.45, 2.75) is 38.1 Å². The maximum Gasteiger partial charge on any atom is 0.270 e. The molecule has 0 heterocycles. The van der Waals surface area contributed by atoms with Crippen LogP contribution in [0.5, 0.6) is 0 Å². The summed E-state index contributed by atoms with van der Waals surface area (Å²) in [6.07, 6.45) is 5.69. The van der Waals surface area contributed by atoms with Crippen LogP contribution in [0.4, 0.5) is 5.69 Å². The second-order valence-corrected chi connectivity index (χ2v) is 6.04. The first kappa shape index (κ1) is 16.7. The first-order chi connectivity index (χ1) is 10.5. The standard InChI is InChI=1S/C15H20ClN3O3/c16-13-8-11(19(21)22)6-7-12(13)15(20)18-14(9-17)10-4-2-1-3-5-10/h6-8,10,14H,1-5,9,17H2,(H,18,20). The third-order valence-corrected chi connectivity index (χ3v) is 4.51. The zero-order chi connectivity index (χ0) is 16.1. The lowest BCUT2D eigenvalue weighted by molar-refractivity contribution is -0.384. The highest BCUT2D eigenvalue weighted by Gasteiger charge is 2.25. The number of nitro benzene ring substituents is 1. The summed E-state index contributed by atoms with van der Waals surface area (Å²) in [5, 5.41) is 13.7. The molecule has 1 aromatic carbocycles. The van der Waals surface area contributed by atoms with E-state index in [1.165, 1.54) is 24.6 Å². The number of benzene rings is 1. The topological polar surface area (TPSA) is 98.3 Å². The van der Waals surface area contributed by atoms with Gasteiger partial charge in [-0.1, -0.05) is 30.9 Å². The minimum absolute atomic E-state index is 0.0751. The molecule has 1 fully saturated rings. The number of hydrogen-bond donors (Lipinski definition) is 2. The Labute approximate surface area is 134 Å². The van der Waals surface area contributed by atoms with Crippen LogP contribution in [0.15, 0.2) is 18.2 Å². The molecule has 6 nitrogen and oxygen atoms in total. The molecule has 1 amide bonds. The molecule has 22 heavy (non-hydrogen) atoms. The van der Waals surface area contributed by atoms with Crippen molar-refractivity contribution in [3.05, 3.63) is 38.9 Å². The minimum Gasteiger partial charge on any atom is -0.348 e. The molecule has 1 unspecified atom stereocenters. The van der Waals surface area contributed by atoms with Gasteiger partial charge in [-0.2, -0.15) is 0 Å². The third kappa shape index (κ3) is 3.96. The SMILES string of the molecule is NCC(NC(=O)c1ccc([N+](=O)[O-])cc1Cl)C1CCCCC1. The number of nitrogens with two attached hydrogens (primary N) is 1. The lowest BCUT2D eigenvalue weighted by atomic mass is 9.84. The molecule has 3 N–H and O–H groups in total. The predicted molar refractivity (Wildman–Crippen MR) is 85.0 cm³/mol. The van der Waals surface area contributed by atoms with E-state index in [1.54, 1.807) is 0 Å². The zero-order valence-electron chi connectivity index (χ0n) is 12.3. The van der Waals surface area contributed by atoms with Crippen molar-refractivity contribution < 1.29 is 9.72 Å². The molecular weight excluding hydrogens is 306 g/mol. The Morgan fingerprint density at radius 2 is 2.09 bits per heavy atom. The van der Waals surface area contributed by atoms with Crippen LogP contribution in [0.3, 0.4) is 0 Å². The largest absolute Gasteiger partial charge is 0.348 e. The highest BCUT2D eigenvalue weighted by Crippen LogP contribution is 2.27. The summed E-state index contributed by atoms with van der Waals surface area (Å²) in [4.78, 5) is 22.5. The van der Waals surface area contributed by atoms with Gasteiger partial charge in [0.2, 0.25) is 0 Å². The Bertz CT molecular complexity index is 559. The number of carbonyl (C=O) groups is 1. The van der Waals surface area contributed by atoms with E-state index in [1.807, 2.05) is 0 Å². The number of carbonyl (C=O) groups excluding carboxylic acids is 1. The van der Waals surface area contributed by atoms with Gasteiger partial charge in [0.25, 0.3) is 11.6 Å². The van der Waals surface area contributed by atoms with Crippen LogP contribution in [0.1, 0.15) is 42.5 Å². The highest BCUT2D eigenvalue weighted by atomic mass is 35.5. The Balaban J connectivity index is 2.08. The molecule has 1 aliphatic rings. The lowest BCUT2D eigenvalue weighted by Crippen LogP contribution is -2.46. The van der Waals surface area contributed by atoms with Gasteiger partial charge >= 0.3 is 0 Å². The Hall–Kier alpha value is -1.66. The van der Waals surface area contributed by atoms with E-state index in [9.17, 15) is 14.9 Å². The van der Waals surface area contributed by atoms with Crippen LogP contribution in [-0.2, 0) is 0 Å². The third-order valence-electron chi connectivity index (χ3n) is 4.20. The molecule has 0 aliphatic heterocycles. The van der Waals surface area contributed by atoms with E-state index in [2.05, 4.69) is 5.32 Å². The van der Waals surface area contributed by atoms with Crippen LogP contribution in [0.2, 0.25) is 5.02 Å². The van der Waals surface area contributed by atoms with Gasteiger partial charge in [0.1, 0.15) is 0 Å². The first-order valence-corrected chi connectivity index (χ1v) is 7.85. The molecule has 1 aliphatic carbocycles. The average molecular weight is 326 g/mol. The van der Waals surface area contributed by atoms with Gasteiger partial charge in [0, 0.05) is 24.7 Å². The van der Waals surface area contributed by atoms with Crippen LogP contribution in [0, 0.1) is 16.0 Å². The van der Waals surface area contributed by atoms with E-state index < -0.39 is 4.92 Å². The van der Waals surface area contributed by atoms with Gasteiger partial charge in [-0.25, -0.2) is 0 Å². The average Bonchev–Trinajstić information content (AvgIpc) is 2.53. The fourth-order valence-corrected chi connectivity index (χ4v) is 3.21. The summed E-state index contributed by atoms with van der Waals surface area (Å²) >= 11 is 5.98. The van der Waals surface area contributed by atoms with Crippen molar-refractivity contribution in [1.29, 1.82) is 0 Å². The first-order valence-electron chi connectivity index (χ1n) is 7.47. The van der Waals surface area contributed by atoms with E-state index >= 15 is 0 Å². The maximum atomic E-state index is 12.3. The van der Waals surface area contributed by atoms with Gasteiger partial charge in [-0.15, -0.1) is 0 Å². The van der Waals surface area contributed by atoms with E-state index in [0.717, 1.165) is 25.7 Å². The Kier molecular flexibility index (Phi) is 5.74. The number of rotatable bonds is 5. The Morgan fingerprint density at radius 1 is 1.41 bits per heavy atom. The van der Waals surface area contributed by atoms with Crippen molar-refractivity contribution >= 4 is 23.2 Å². The van der Waals surface area contributed by atoms with Crippen molar-refractivity contribution in [2.24, 2.45) is 11.7 Å². The molecular formula is C15H20ClN3O3. The van der Waals surface area contributed by atoms with Gasteiger partial charge in [0.05, 0.1) is 15.5 Å². The summed E-state index contributed by atoms with van der Waals surface area (Å²) in [6, 6.07) is 3.76. The molecule has 0 aromatic heterocycles. The molecule has 2 rings (SSSR count). The summed E-state index contributed by atoms with van der Waals surface area (Å²) < 4.78 is 0. The second kappa shape index (κ2) is 7.56. The van der Waals surface area contributed by atoms with Crippen molar-refractivity contribution in [2.75, 3.05) is 6.54 Å². The van der Waals surface area contributed by atoms with E-state index in [0.29, 0.717) is 12.5 Å². The number of nitro groups is 1. The summed E-state index contributed by atoms with van der Waals surface area (Å²) in [5.41, 5.74) is 5.90. The molecule has 1 aromatic rings. The molecule has 0 saturated heterocycles. The monoisotopic (exact) mass is 325 g/mol. The molecule has 7 heteroatoms. The number of amides is 1. The number of nitrogens with zero attached hydrogens (tertiary/aromatic N) is 1. The van der Waals surface area contributed by atoms with Crippen LogP contribution < -0.4 is 11.1 Å². The van der Waals surface area contributed by atoms with Gasteiger partial charge in [-0.05, 0) is 24.8 Å². The number of nitrogens with one attached hydrogen (secondary N) is 1. The summed E-state index contributed by atoms with van der Waals surface area (Å²) in [5.74, 6) is 0.0560. The van der Waals surface area contributed by atoms with Crippen molar-refractivity contribution in [3.8, 4) is 0 Å². The molecule has 0 radical (unpaired) electrons. The van der Waals surface area contributed by atoms with E-state index in [-0.39, 0.29) is 28.2 Å². The zero-order valence-corrected chi connectivity index (χ0v) is 13.0. The number of hydrogen-bond acceptors (Lipinski definition) is 4. The quantitative estimate of drug-likeness (QED) is 0.642. The number of non-ortho nitro benzene ring substituents is 1. The molecule has 1 saturated carbocycles. The smallest absolute Gasteiger partial charge is 0.270 e. The highest BCUT2D eigenvalue weighted by molar-refractivity contribution is 6.34. The van der Waals surface area contributed by atoms with Crippen molar-refractivity contribution in [3.63, 3.8) is 0 Å². The van der Waals surface area contributed by atoms with Gasteiger partial charge in [-0.3, -0.25) is 14.9 Å². The van der Waals surface area contributed by atoms with Crippen LogP contribution in [0.25, 0.3) is 0 Å². The van der Waals surface area contributed by atoms with Crippen molar-refractivity contribution in [1.82, 2.24) is 5.32 Å². The predicted octanol–water partition coefficient (Wildman–Crippen LogP) is 2.89. The molecule has 0 bridgehead atoms. The summed E-state index contributed by atoms with van der Waals surface area (Å²) in [7, 11) is 0. The summed E-state index contributed by atoms with van der Waals surface area (Å²) in [6.45, 7) is 0.376. The van der Waals surface area contributed by atoms with Crippen LogP contribution in [-0.4, -0.2) is 23.4 Å². The molecule has 1 atom stereocenters. The fraction of sp³-hybridized carbons (Fsp3) is 0.533. The molecule has 120 valence electrons. The normalized spacial score (nSPS) is 17.0. The Morgan fingerprint density at radius 3 is 2.64 bits per heavy atom. The fourth-order valence-electron chi connectivity index (χ4n) is 2.95. The minimum atomic E-state index is -0.543. The second-order valence-electron chi connectivity index (χ2n) is 5.64. The maximum absolute atomic E-state index is 12.3. The van der Waals surface area contributed by atoms with Gasteiger partial charge < -0.3 is 11.1 Å².